The van der Waals surface area contributed by atoms with Crippen LogP contribution < -0.4 is 4.90 Å². The fourth-order valence-corrected chi connectivity index (χ4v) is 4.39. The Morgan fingerprint density at radius 1 is 1.19 bits per heavy atom. The molecular formula is C15H23BrN2O2S. The van der Waals surface area contributed by atoms with E-state index in [4.69, 9.17) is 0 Å². The standard InChI is InChI=1S/C15H23BrN2O2S/c1-17(2)21(19,20)15-10-6-5-9-14(15)18(12-11-16)13-7-3-4-8-13/h5-6,9-10,13H,3-4,7-8,11-12H2,1-2H3. The second kappa shape index (κ2) is 7.11. The van der Waals surface area contributed by atoms with Crippen molar-refractivity contribution in [3.05, 3.63) is 24.3 Å². The summed E-state index contributed by atoms with van der Waals surface area (Å²) in [5, 5.41) is 0.833. The Labute approximate surface area is 136 Å². The summed E-state index contributed by atoms with van der Waals surface area (Å²) in [6.07, 6.45) is 4.74. The molecule has 1 fully saturated rings. The molecule has 118 valence electrons. The average molecular weight is 375 g/mol. The van der Waals surface area contributed by atoms with Crippen molar-refractivity contribution in [2.24, 2.45) is 0 Å². The molecule has 0 radical (unpaired) electrons. The van der Waals surface area contributed by atoms with Crippen LogP contribution in [0.1, 0.15) is 25.7 Å². The summed E-state index contributed by atoms with van der Waals surface area (Å²) in [6.45, 7) is 0.824. The van der Waals surface area contributed by atoms with E-state index in [9.17, 15) is 8.42 Å². The number of halogens is 1. The van der Waals surface area contributed by atoms with E-state index in [0.717, 1.165) is 30.4 Å². The maximum atomic E-state index is 12.6. The number of hydrogen-bond acceptors (Lipinski definition) is 3. The minimum atomic E-state index is -3.42. The molecule has 21 heavy (non-hydrogen) atoms. The predicted octanol–water partition coefficient (Wildman–Crippen LogP) is 3.08. The van der Waals surface area contributed by atoms with Crippen LogP contribution in [0.2, 0.25) is 0 Å². The van der Waals surface area contributed by atoms with Crippen molar-refractivity contribution in [2.75, 3.05) is 30.9 Å². The van der Waals surface area contributed by atoms with Crippen LogP contribution in [0.15, 0.2) is 29.2 Å². The molecule has 1 aliphatic rings. The highest BCUT2D eigenvalue weighted by molar-refractivity contribution is 9.09. The highest BCUT2D eigenvalue weighted by Gasteiger charge is 2.28. The van der Waals surface area contributed by atoms with Gasteiger partial charge in [0.05, 0.1) is 5.69 Å². The summed E-state index contributed by atoms with van der Waals surface area (Å²) in [4.78, 5) is 2.67. The Hall–Kier alpha value is -0.590. The fourth-order valence-electron chi connectivity index (χ4n) is 2.92. The lowest BCUT2D eigenvalue weighted by molar-refractivity contribution is 0.519. The summed E-state index contributed by atoms with van der Waals surface area (Å²) in [7, 11) is -0.264. The van der Waals surface area contributed by atoms with E-state index in [1.54, 1.807) is 26.2 Å². The zero-order valence-electron chi connectivity index (χ0n) is 12.6. The molecule has 1 aromatic rings. The quantitative estimate of drug-likeness (QED) is 0.718. The second-order valence-electron chi connectivity index (χ2n) is 5.58. The van der Waals surface area contributed by atoms with Crippen molar-refractivity contribution in [1.29, 1.82) is 0 Å². The first-order valence-electron chi connectivity index (χ1n) is 7.32. The lowest BCUT2D eigenvalue weighted by atomic mass is 10.2. The predicted molar refractivity (Wildman–Crippen MR) is 90.7 cm³/mol. The van der Waals surface area contributed by atoms with Crippen molar-refractivity contribution >= 4 is 31.6 Å². The lowest BCUT2D eigenvalue weighted by Crippen LogP contribution is -2.36. The van der Waals surface area contributed by atoms with Gasteiger partial charge >= 0.3 is 0 Å². The van der Waals surface area contributed by atoms with E-state index in [1.807, 2.05) is 12.1 Å². The summed E-state index contributed by atoms with van der Waals surface area (Å²) in [5.74, 6) is 0. The topological polar surface area (TPSA) is 40.6 Å². The van der Waals surface area contributed by atoms with Crippen LogP contribution in [-0.2, 0) is 10.0 Å². The number of anilines is 1. The Kier molecular flexibility index (Phi) is 5.68. The van der Waals surface area contributed by atoms with E-state index in [0.29, 0.717) is 10.9 Å². The molecule has 1 saturated carbocycles. The Bertz CT molecular complexity index is 569. The normalized spacial score (nSPS) is 16.6. The van der Waals surface area contributed by atoms with Crippen molar-refractivity contribution in [3.8, 4) is 0 Å². The molecule has 0 N–H and O–H groups in total. The third kappa shape index (κ3) is 3.60. The summed E-state index contributed by atoms with van der Waals surface area (Å²) < 4.78 is 26.4. The molecule has 4 nitrogen and oxygen atoms in total. The van der Waals surface area contributed by atoms with Crippen LogP contribution in [0, 0.1) is 0 Å². The van der Waals surface area contributed by atoms with Crippen LogP contribution in [0.3, 0.4) is 0 Å². The van der Waals surface area contributed by atoms with Gasteiger partial charge in [0, 0.05) is 32.0 Å². The number of sulfonamides is 1. The van der Waals surface area contributed by atoms with E-state index in [2.05, 4.69) is 20.8 Å². The van der Waals surface area contributed by atoms with E-state index in [1.165, 1.54) is 17.1 Å². The Morgan fingerprint density at radius 3 is 2.38 bits per heavy atom. The molecule has 1 aliphatic carbocycles. The van der Waals surface area contributed by atoms with Crippen molar-refractivity contribution < 1.29 is 8.42 Å². The number of nitrogens with zero attached hydrogens (tertiary/aromatic N) is 2. The maximum Gasteiger partial charge on any atom is 0.244 e. The maximum absolute atomic E-state index is 12.6. The van der Waals surface area contributed by atoms with Gasteiger partial charge in [0.15, 0.2) is 0 Å². The molecule has 2 rings (SSSR count). The zero-order valence-corrected chi connectivity index (χ0v) is 15.0. The molecule has 0 aromatic heterocycles. The number of benzene rings is 1. The summed E-state index contributed by atoms with van der Waals surface area (Å²) in [5.41, 5.74) is 0.831. The molecule has 0 aliphatic heterocycles. The fraction of sp³-hybridized carbons (Fsp3) is 0.600. The van der Waals surface area contributed by atoms with Crippen LogP contribution in [0.5, 0.6) is 0 Å². The number of para-hydroxylation sites is 1. The first-order valence-corrected chi connectivity index (χ1v) is 9.89. The third-order valence-electron chi connectivity index (χ3n) is 4.02. The SMILES string of the molecule is CN(C)S(=O)(=O)c1ccccc1N(CCBr)C1CCCC1. The van der Waals surface area contributed by atoms with Crippen molar-refractivity contribution in [2.45, 2.75) is 36.6 Å². The van der Waals surface area contributed by atoms with Gasteiger partial charge in [-0.3, -0.25) is 0 Å². The molecular weight excluding hydrogens is 352 g/mol. The number of alkyl halides is 1. The van der Waals surface area contributed by atoms with Crippen LogP contribution in [0.4, 0.5) is 5.69 Å². The van der Waals surface area contributed by atoms with Crippen molar-refractivity contribution in [3.63, 3.8) is 0 Å². The van der Waals surface area contributed by atoms with Crippen molar-refractivity contribution in [1.82, 2.24) is 4.31 Å². The van der Waals surface area contributed by atoms with Gasteiger partial charge in [0.1, 0.15) is 4.90 Å². The monoisotopic (exact) mass is 374 g/mol. The van der Waals surface area contributed by atoms with Gasteiger partial charge in [0.2, 0.25) is 10.0 Å². The first-order chi connectivity index (χ1) is 9.98. The zero-order chi connectivity index (χ0) is 15.5. The molecule has 0 amide bonds. The molecule has 0 heterocycles. The minimum absolute atomic E-state index is 0.405. The van der Waals surface area contributed by atoms with Gasteiger partial charge in [-0.2, -0.15) is 0 Å². The number of rotatable bonds is 6. The molecule has 0 bridgehead atoms. The van der Waals surface area contributed by atoms with Crippen LogP contribution in [0.25, 0.3) is 0 Å². The summed E-state index contributed by atoms with van der Waals surface area (Å²) >= 11 is 3.50. The largest absolute Gasteiger partial charge is 0.367 e. The van der Waals surface area contributed by atoms with Gasteiger partial charge in [-0.1, -0.05) is 40.9 Å². The molecule has 0 atom stereocenters. The molecule has 0 saturated heterocycles. The third-order valence-corrected chi connectivity index (χ3v) is 6.24. The first kappa shape index (κ1) is 16.8. The molecule has 1 aromatic carbocycles. The smallest absolute Gasteiger partial charge is 0.244 e. The lowest BCUT2D eigenvalue weighted by Gasteiger charge is -2.32. The molecule has 0 spiro atoms. The average Bonchev–Trinajstić information content (AvgIpc) is 2.98. The van der Waals surface area contributed by atoms with Gasteiger partial charge < -0.3 is 4.90 Å². The van der Waals surface area contributed by atoms with Gasteiger partial charge in [-0.25, -0.2) is 12.7 Å². The Morgan fingerprint density at radius 2 is 1.81 bits per heavy atom. The van der Waals surface area contributed by atoms with Gasteiger partial charge in [-0.15, -0.1) is 0 Å². The van der Waals surface area contributed by atoms with Gasteiger partial charge in [-0.05, 0) is 25.0 Å². The number of hydrogen-bond donors (Lipinski definition) is 0. The Balaban J connectivity index is 2.46. The van der Waals surface area contributed by atoms with E-state index < -0.39 is 10.0 Å². The van der Waals surface area contributed by atoms with E-state index in [-0.39, 0.29) is 0 Å². The van der Waals surface area contributed by atoms with E-state index >= 15 is 0 Å². The van der Waals surface area contributed by atoms with Crippen LogP contribution in [-0.4, -0.2) is 44.7 Å². The molecule has 6 heteroatoms. The highest BCUT2D eigenvalue weighted by atomic mass is 79.9. The highest BCUT2D eigenvalue weighted by Crippen LogP contribution is 2.33. The summed E-state index contributed by atoms with van der Waals surface area (Å²) in [6, 6.07) is 7.79. The second-order valence-corrected chi connectivity index (χ2v) is 8.49. The van der Waals surface area contributed by atoms with Crippen LogP contribution >= 0.6 is 15.9 Å². The minimum Gasteiger partial charge on any atom is -0.367 e. The molecule has 0 unspecified atom stereocenters. The van der Waals surface area contributed by atoms with Gasteiger partial charge in [0.25, 0.3) is 0 Å².